The summed E-state index contributed by atoms with van der Waals surface area (Å²) in [6, 6.07) is 12.1. The number of carbonyl (C=O) groups excluding carboxylic acids is 3. The lowest BCUT2D eigenvalue weighted by Gasteiger charge is -2.34. The first-order valence-corrected chi connectivity index (χ1v) is 13.8. The number of carbonyl (C=O) groups is 4. The minimum Gasteiger partial charge on any atom is -0.481 e. The summed E-state index contributed by atoms with van der Waals surface area (Å²) in [4.78, 5) is 50.1. The lowest BCUT2D eigenvalue weighted by molar-refractivity contribution is -0.148. The van der Waals surface area contributed by atoms with Crippen LogP contribution in [0.1, 0.15) is 59.1 Å². The highest BCUT2D eigenvalue weighted by Crippen LogP contribution is 2.25. The van der Waals surface area contributed by atoms with Crippen LogP contribution in [0.3, 0.4) is 0 Å². The van der Waals surface area contributed by atoms with Crippen molar-refractivity contribution in [2.75, 3.05) is 6.54 Å². The average Bonchev–Trinajstić information content (AvgIpc) is 2.95. The minimum atomic E-state index is -1.04. The molecule has 2 aromatic carbocycles. The molecule has 1 saturated heterocycles. The molecule has 222 valence electrons. The molecule has 0 radical (unpaired) electrons. The first kappa shape index (κ1) is 31.6. The second-order valence-electron chi connectivity index (χ2n) is 10.7. The predicted octanol–water partition coefficient (Wildman–Crippen LogP) is 2.40. The van der Waals surface area contributed by atoms with Gasteiger partial charge in [-0.3, -0.25) is 24.2 Å². The molecule has 0 bridgehead atoms. The molecule has 11 nitrogen and oxygen atoms in total. The number of carboxylic acids is 1. The summed E-state index contributed by atoms with van der Waals surface area (Å²) >= 11 is 0. The van der Waals surface area contributed by atoms with Crippen LogP contribution in [0.4, 0.5) is 0 Å². The Morgan fingerprint density at radius 1 is 0.951 bits per heavy atom. The zero-order valence-electron chi connectivity index (χ0n) is 24.1. The number of ether oxygens (including phenoxy) is 1. The molecule has 0 aromatic heterocycles. The maximum Gasteiger partial charge on any atom is 0.322 e. The van der Waals surface area contributed by atoms with Crippen molar-refractivity contribution in [1.82, 2.24) is 21.1 Å². The number of nitrogens with zero attached hydrogens (tertiary/aromatic N) is 1. The Kier molecular flexibility index (Phi) is 10.8. The lowest BCUT2D eigenvalue weighted by atomic mass is 10.0. The second kappa shape index (κ2) is 14.1. The Morgan fingerprint density at radius 2 is 1.63 bits per heavy atom. The van der Waals surface area contributed by atoms with Gasteiger partial charge in [0.2, 0.25) is 5.91 Å². The molecule has 0 unspecified atom stereocenters. The number of amides is 3. The highest BCUT2D eigenvalue weighted by Gasteiger charge is 2.33. The number of hydrazine groups is 1. The van der Waals surface area contributed by atoms with Crippen molar-refractivity contribution in [3.8, 4) is 16.9 Å². The third-order valence-corrected chi connectivity index (χ3v) is 6.97. The van der Waals surface area contributed by atoms with Gasteiger partial charge in [0.05, 0.1) is 6.10 Å². The van der Waals surface area contributed by atoms with Crippen LogP contribution in [0.5, 0.6) is 5.75 Å². The van der Waals surface area contributed by atoms with E-state index in [0.717, 1.165) is 16.7 Å². The SMILES string of the molecule is CC(C)[C@H](NC(=O)[C@H](C)Oc1ccc(-c2cccc([C@@H](C)O)c2)cc1)C(=O)N[C@@H](C)C(=O)N1CCC[C@@H](C(=O)O)N1. The summed E-state index contributed by atoms with van der Waals surface area (Å²) < 4.78 is 5.82. The van der Waals surface area contributed by atoms with E-state index in [1.165, 1.54) is 11.9 Å². The van der Waals surface area contributed by atoms with Crippen molar-refractivity contribution in [2.45, 2.75) is 77.8 Å². The van der Waals surface area contributed by atoms with Gasteiger partial charge in [-0.2, -0.15) is 0 Å². The molecule has 3 rings (SSSR count). The van der Waals surface area contributed by atoms with Crippen LogP contribution in [0.25, 0.3) is 11.1 Å². The van der Waals surface area contributed by atoms with Gasteiger partial charge in [-0.1, -0.05) is 44.2 Å². The van der Waals surface area contributed by atoms with E-state index in [0.29, 0.717) is 25.1 Å². The smallest absolute Gasteiger partial charge is 0.322 e. The fourth-order valence-electron chi connectivity index (χ4n) is 4.49. The first-order chi connectivity index (χ1) is 19.4. The lowest BCUT2D eigenvalue weighted by Crippen LogP contribution is -2.61. The molecule has 1 fully saturated rings. The number of benzene rings is 2. The van der Waals surface area contributed by atoms with Gasteiger partial charge in [0.1, 0.15) is 23.9 Å². The van der Waals surface area contributed by atoms with E-state index in [4.69, 9.17) is 4.74 Å². The predicted molar refractivity (Wildman–Crippen MR) is 152 cm³/mol. The summed E-state index contributed by atoms with van der Waals surface area (Å²) in [5, 5.41) is 25.7. The van der Waals surface area contributed by atoms with Crippen molar-refractivity contribution in [3.05, 3.63) is 54.1 Å². The molecule has 5 N–H and O–H groups in total. The third kappa shape index (κ3) is 8.51. The van der Waals surface area contributed by atoms with Crippen LogP contribution >= 0.6 is 0 Å². The number of hydrogen-bond acceptors (Lipinski definition) is 7. The largest absolute Gasteiger partial charge is 0.481 e. The van der Waals surface area contributed by atoms with E-state index in [2.05, 4.69) is 16.1 Å². The molecule has 1 heterocycles. The van der Waals surface area contributed by atoms with Gasteiger partial charge in [0.15, 0.2) is 6.10 Å². The summed E-state index contributed by atoms with van der Waals surface area (Å²) in [5.41, 5.74) is 5.36. The molecule has 0 saturated carbocycles. The molecule has 0 spiro atoms. The fourth-order valence-corrected chi connectivity index (χ4v) is 4.49. The highest BCUT2D eigenvalue weighted by atomic mass is 16.5. The maximum atomic E-state index is 13.0. The molecular weight excluding hydrogens is 528 g/mol. The van der Waals surface area contributed by atoms with Gasteiger partial charge in [0.25, 0.3) is 11.8 Å². The molecule has 41 heavy (non-hydrogen) atoms. The van der Waals surface area contributed by atoms with E-state index in [1.54, 1.807) is 39.8 Å². The number of aliphatic carboxylic acids is 1. The van der Waals surface area contributed by atoms with Gasteiger partial charge in [-0.05, 0) is 74.4 Å². The van der Waals surface area contributed by atoms with Crippen LogP contribution in [0, 0.1) is 5.92 Å². The minimum absolute atomic E-state index is 0.283. The van der Waals surface area contributed by atoms with E-state index in [1.807, 2.05) is 36.4 Å². The monoisotopic (exact) mass is 568 g/mol. The number of aliphatic hydroxyl groups excluding tert-OH is 1. The summed E-state index contributed by atoms with van der Waals surface area (Å²) in [7, 11) is 0. The topological polar surface area (TPSA) is 157 Å². The van der Waals surface area contributed by atoms with Gasteiger partial charge in [0, 0.05) is 6.54 Å². The van der Waals surface area contributed by atoms with E-state index in [9.17, 15) is 29.4 Å². The Morgan fingerprint density at radius 3 is 2.24 bits per heavy atom. The quantitative estimate of drug-likeness (QED) is 0.277. The Labute approximate surface area is 240 Å². The highest BCUT2D eigenvalue weighted by molar-refractivity contribution is 5.93. The number of rotatable bonds is 11. The van der Waals surface area contributed by atoms with Gasteiger partial charge in [-0.25, -0.2) is 5.43 Å². The standard InChI is InChI=1S/C30H40N4O7/c1-17(2)26(28(37)31-18(3)29(38)34-15-7-10-25(33-34)30(39)40)32-27(36)20(5)41-24-13-11-21(12-14-24)23-9-6-8-22(16-23)19(4)35/h6,8-9,11-14,16-20,25-26,33,35H,7,10,15H2,1-5H3,(H,31,37)(H,32,36)(H,39,40)/t18-,19+,20-,25-,26-/m0/s1. The van der Waals surface area contributed by atoms with E-state index < -0.39 is 54.0 Å². The molecule has 1 aliphatic heterocycles. The number of carboxylic acid groups (broad SMARTS) is 1. The van der Waals surface area contributed by atoms with Gasteiger partial charge >= 0.3 is 5.97 Å². The van der Waals surface area contributed by atoms with Crippen LogP contribution in [0.15, 0.2) is 48.5 Å². The number of aliphatic hydroxyl groups is 1. The normalized spacial score (nSPS) is 18.1. The number of hydrogen-bond donors (Lipinski definition) is 5. The molecule has 0 aliphatic carbocycles. The zero-order valence-corrected chi connectivity index (χ0v) is 24.1. The van der Waals surface area contributed by atoms with Crippen molar-refractivity contribution in [3.63, 3.8) is 0 Å². The fraction of sp³-hybridized carbons (Fsp3) is 0.467. The summed E-state index contributed by atoms with van der Waals surface area (Å²) in [6.07, 6.45) is -0.546. The molecule has 3 amide bonds. The van der Waals surface area contributed by atoms with Crippen molar-refractivity contribution in [1.29, 1.82) is 0 Å². The van der Waals surface area contributed by atoms with Gasteiger partial charge in [-0.15, -0.1) is 0 Å². The van der Waals surface area contributed by atoms with Crippen LogP contribution < -0.4 is 20.8 Å². The Bertz CT molecular complexity index is 1230. The van der Waals surface area contributed by atoms with Crippen LogP contribution in [-0.2, 0) is 19.2 Å². The molecule has 1 aliphatic rings. The molecule has 11 heteroatoms. The average molecular weight is 569 g/mol. The van der Waals surface area contributed by atoms with Crippen LogP contribution in [-0.4, -0.2) is 69.7 Å². The Hall–Kier alpha value is -3.96. The van der Waals surface area contributed by atoms with Gasteiger partial charge < -0.3 is 25.6 Å². The summed E-state index contributed by atoms with van der Waals surface area (Å²) in [5.74, 6) is -2.34. The maximum absolute atomic E-state index is 13.0. The van der Waals surface area contributed by atoms with Crippen molar-refractivity contribution in [2.24, 2.45) is 5.92 Å². The van der Waals surface area contributed by atoms with Crippen LogP contribution in [0.2, 0.25) is 0 Å². The van der Waals surface area contributed by atoms with Crippen molar-refractivity contribution < 1.29 is 34.1 Å². The zero-order chi connectivity index (χ0) is 30.3. The summed E-state index contributed by atoms with van der Waals surface area (Å²) in [6.45, 7) is 8.69. The third-order valence-electron chi connectivity index (χ3n) is 6.97. The molecule has 5 atom stereocenters. The molecule has 2 aromatic rings. The Balaban J connectivity index is 1.57. The molecular formula is C30H40N4O7. The van der Waals surface area contributed by atoms with E-state index >= 15 is 0 Å². The van der Waals surface area contributed by atoms with E-state index in [-0.39, 0.29) is 5.92 Å². The van der Waals surface area contributed by atoms with Crippen molar-refractivity contribution >= 4 is 23.7 Å². The number of nitrogens with one attached hydrogen (secondary N) is 3. The second-order valence-corrected chi connectivity index (χ2v) is 10.7. The first-order valence-electron chi connectivity index (χ1n) is 13.8.